The highest BCUT2D eigenvalue weighted by atomic mass is 16.1. The molecule has 0 radical (unpaired) electrons. The molecule has 6 heteroatoms. The molecule has 2 aromatic rings. The van der Waals surface area contributed by atoms with Crippen LogP contribution in [0.4, 0.5) is 5.69 Å². The van der Waals surface area contributed by atoms with Gasteiger partial charge in [-0.2, -0.15) is 0 Å². The Hall–Kier alpha value is -2.21. The number of hydrogen-bond acceptors (Lipinski definition) is 4. The van der Waals surface area contributed by atoms with Crippen LogP contribution in [0.2, 0.25) is 0 Å². The molecule has 2 N–H and O–H groups in total. The SMILES string of the molecule is Cc1nccn1-c1ccc(NC(=O)CNC2CC2)cn1. The third-order valence-corrected chi connectivity index (χ3v) is 3.23. The van der Waals surface area contributed by atoms with Gasteiger partial charge in [-0.25, -0.2) is 9.97 Å². The van der Waals surface area contributed by atoms with E-state index in [0.29, 0.717) is 18.3 Å². The number of anilines is 1. The van der Waals surface area contributed by atoms with Crippen molar-refractivity contribution in [2.45, 2.75) is 25.8 Å². The molecule has 6 nitrogen and oxygen atoms in total. The average molecular weight is 271 g/mol. The number of nitrogens with zero attached hydrogens (tertiary/aromatic N) is 3. The molecule has 0 atom stereocenters. The molecule has 0 aliphatic heterocycles. The van der Waals surface area contributed by atoms with Crippen LogP contribution in [-0.4, -0.2) is 33.0 Å². The van der Waals surface area contributed by atoms with E-state index in [2.05, 4.69) is 20.6 Å². The molecule has 0 unspecified atom stereocenters. The van der Waals surface area contributed by atoms with Gasteiger partial charge in [0.15, 0.2) is 0 Å². The van der Waals surface area contributed by atoms with Crippen LogP contribution in [0, 0.1) is 6.92 Å². The molecule has 2 aromatic heterocycles. The fourth-order valence-electron chi connectivity index (χ4n) is 1.95. The standard InChI is InChI=1S/C14H17N5O/c1-10-15-6-7-19(10)13-5-4-12(8-17-13)18-14(20)9-16-11-2-3-11/h4-8,11,16H,2-3,9H2,1H3,(H,18,20). The van der Waals surface area contributed by atoms with Crippen molar-refractivity contribution in [2.24, 2.45) is 0 Å². The van der Waals surface area contributed by atoms with Gasteiger partial charge in [-0.15, -0.1) is 0 Å². The van der Waals surface area contributed by atoms with E-state index in [1.54, 1.807) is 12.4 Å². The van der Waals surface area contributed by atoms with Crippen LogP contribution in [-0.2, 0) is 4.79 Å². The lowest BCUT2D eigenvalue weighted by molar-refractivity contribution is -0.115. The summed E-state index contributed by atoms with van der Waals surface area (Å²) in [5.74, 6) is 1.63. The van der Waals surface area contributed by atoms with E-state index in [0.717, 1.165) is 11.6 Å². The maximum Gasteiger partial charge on any atom is 0.238 e. The van der Waals surface area contributed by atoms with Crippen LogP contribution in [0.15, 0.2) is 30.7 Å². The van der Waals surface area contributed by atoms with Crippen molar-refractivity contribution in [3.8, 4) is 5.82 Å². The van der Waals surface area contributed by atoms with E-state index >= 15 is 0 Å². The molecule has 1 aliphatic carbocycles. The highest BCUT2D eigenvalue weighted by Crippen LogP contribution is 2.18. The third-order valence-electron chi connectivity index (χ3n) is 3.23. The van der Waals surface area contributed by atoms with Gasteiger partial charge >= 0.3 is 0 Å². The zero-order valence-corrected chi connectivity index (χ0v) is 11.3. The minimum absolute atomic E-state index is 0.0368. The van der Waals surface area contributed by atoms with Gasteiger partial charge in [0.05, 0.1) is 18.4 Å². The Kier molecular flexibility index (Phi) is 3.47. The van der Waals surface area contributed by atoms with Gasteiger partial charge in [0.25, 0.3) is 0 Å². The van der Waals surface area contributed by atoms with E-state index in [-0.39, 0.29) is 5.91 Å². The topological polar surface area (TPSA) is 71.8 Å². The monoisotopic (exact) mass is 271 g/mol. The number of nitrogens with one attached hydrogen (secondary N) is 2. The Balaban J connectivity index is 1.60. The molecular formula is C14H17N5O. The average Bonchev–Trinajstić information content (AvgIpc) is 3.18. The van der Waals surface area contributed by atoms with Crippen molar-refractivity contribution >= 4 is 11.6 Å². The molecule has 0 bridgehead atoms. The van der Waals surface area contributed by atoms with Crippen molar-refractivity contribution < 1.29 is 4.79 Å². The Labute approximate surface area is 117 Å². The summed E-state index contributed by atoms with van der Waals surface area (Å²) in [7, 11) is 0. The lowest BCUT2D eigenvalue weighted by Gasteiger charge is -2.07. The van der Waals surface area contributed by atoms with E-state index in [4.69, 9.17) is 0 Å². The summed E-state index contributed by atoms with van der Waals surface area (Å²) in [4.78, 5) is 20.2. The lowest BCUT2D eigenvalue weighted by Crippen LogP contribution is -2.29. The van der Waals surface area contributed by atoms with Crippen LogP contribution in [0.3, 0.4) is 0 Å². The van der Waals surface area contributed by atoms with E-state index < -0.39 is 0 Å². The molecule has 2 heterocycles. The molecule has 0 saturated heterocycles. The van der Waals surface area contributed by atoms with Gasteiger partial charge in [-0.1, -0.05) is 0 Å². The molecule has 3 rings (SSSR count). The van der Waals surface area contributed by atoms with Crippen LogP contribution >= 0.6 is 0 Å². The van der Waals surface area contributed by atoms with Crippen molar-refractivity contribution in [1.29, 1.82) is 0 Å². The number of carbonyl (C=O) groups excluding carboxylic acids is 1. The second-order valence-electron chi connectivity index (χ2n) is 4.95. The van der Waals surface area contributed by atoms with Gasteiger partial charge < -0.3 is 10.6 Å². The van der Waals surface area contributed by atoms with Gasteiger partial charge in [0.2, 0.25) is 5.91 Å². The minimum Gasteiger partial charge on any atom is -0.324 e. The first-order chi connectivity index (χ1) is 9.72. The molecule has 0 aromatic carbocycles. The second-order valence-corrected chi connectivity index (χ2v) is 4.95. The van der Waals surface area contributed by atoms with Crippen molar-refractivity contribution in [3.63, 3.8) is 0 Å². The summed E-state index contributed by atoms with van der Waals surface area (Å²) in [5.41, 5.74) is 0.703. The summed E-state index contributed by atoms with van der Waals surface area (Å²) in [6.07, 6.45) is 7.59. The van der Waals surface area contributed by atoms with Gasteiger partial charge in [0, 0.05) is 18.4 Å². The summed E-state index contributed by atoms with van der Waals surface area (Å²) < 4.78 is 1.89. The smallest absolute Gasteiger partial charge is 0.238 e. The largest absolute Gasteiger partial charge is 0.324 e. The summed E-state index contributed by atoms with van der Waals surface area (Å²) in [6.45, 7) is 2.27. The predicted octanol–water partition coefficient (Wildman–Crippen LogP) is 1.27. The number of imidazole rings is 1. The third kappa shape index (κ3) is 3.03. The Morgan fingerprint density at radius 2 is 2.25 bits per heavy atom. The zero-order valence-electron chi connectivity index (χ0n) is 11.3. The summed E-state index contributed by atoms with van der Waals surface area (Å²) in [6, 6.07) is 4.24. The summed E-state index contributed by atoms with van der Waals surface area (Å²) >= 11 is 0. The normalized spacial score (nSPS) is 14.2. The molecular weight excluding hydrogens is 254 g/mol. The first-order valence-electron chi connectivity index (χ1n) is 6.72. The second kappa shape index (κ2) is 5.42. The number of amides is 1. The van der Waals surface area contributed by atoms with Crippen LogP contribution in [0.1, 0.15) is 18.7 Å². The number of aromatic nitrogens is 3. The summed E-state index contributed by atoms with van der Waals surface area (Å²) in [5, 5.41) is 6.00. The first kappa shape index (κ1) is 12.8. The quantitative estimate of drug-likeness (QED) is 0.859. The molecule has 1 fully saturated rings. The molecule has 1 aliphatic rings. The maximum absolute atomic E-state index is 11.7. The molecule has 20 heavy (non-hydrogen) atoms. The zero-order chi connectivity index (χ0) is 13.9. The van der Waals surface area contributed by atoms with Gasteiger partial charge in [0.1, 0.15) is 11.6 Å². The molecule has 104 valence electrons. The van der Waals surface area contributed by atoms with E-state index in [1.165, 1.54) is 12.8 Å². The number of aryl methyl sites for hydroxylation is 1. The number of hydrogen-bond donors (Lipinski definition) is 2. The fourth-order valence-corrected chi connectivity index (χ4v) is 1.95. The van der Waals surface area contributed by atoms with Crippen molar-refractivity contribution in [3.05, 3.63) is 36.5 Å². The van der Waals surface area contributed by atoms with E-state index in [1.807, 2.05) is 29.8 Å². The lowest BCUT2D eigenvalue weighted by atomic mass is 10.4. The number of carbonyl (C=O) groups is 1. The predicted molar refractivity (Wildman–Crippen MR) is 75.8 cm³/mol. The number of pyridine rings is 1. The first-order valence-corrected chi connectivity index (χ1v) is 6.72. The highest BCUT2D eigenvalue weighted by Gasteiger charge is 2.21. The Morgan fingerprint density at radius 3 is 2.85 bits per heavy atom. The maximum atomic E-state index is 11.7. The van der Waals surface area contributed by atoms with Crippen molar-refractivity contribution in [2.75, 3.05) is 11.9 Å². The van der Waals surface area contributed by atoms with Gasteiger partial charge in [-0.05, 0) is 31.9 Å². The minimum atomic E-state index is -0.0368. The Morgan fingerprint density at radius 1 is 1.40 bits per heavy atom. The Bertz CT molecular complexity index is 600. The molecule has 0 spiro atoms. The van der Waals surface area contributed by atoms with Crippen LogP contribution < -0.4 is 10.6 Å². The fraction of sp³-hybridized carbons (Fsp3) is 0.357. The van der Waals surface area contributed by atoms with Crippen molar-refractivity contribution in [1.82, 2.24) is 19.9 Å². The number of rotatable bonds is 5. The molecule has 1 amide bonds. The van der Waals surface area contributed by atoms with Crippen LogP contribution in [0.25, 0.3) is 5.82 Å². The highest BCUT2D eigenvalue weighted by molar-refractivity contribution is 5.92. The van der Waals surface area contributed by atoms with Gasteiger partial charge in [-0.3, -0.25) is 9.36 Å². The van der Waals surface area contributed by atoms with Crippen LogP contribution in [0.5, 0.6) is 0 Å². The van der Waals surface area contributed by atoms with E-state index in [9.17, 15) is 4.79 Å². The molecule has 1 saturated carbocycles.